The molecule has 1 aliphatic carbocycles. The van der Waals surface area contributed by atoms with Gasteiger partial charge in [-0.2, -0.15) is 0 Å². The van der Waals surface area contributed by atoms with Crippen LogP contribution in [0, 0.1) is 11.8 Å². The summed E-state index contributed by atoms with van der Waals surface area (Å²) in [7, 11) is 1.45. The number of aromatic nitrogens is 1. The van der Waals surface area contributed by atoms with E-state index < -0.39 is 0 Å². The van der Waals surface area contributed by atoms with Crippen LogP contribution in [0.5, 0.6) is 0 Å². The molecule has 1 saturated carbocycles. The van der Waals surface area contributed by atoms with E-state index >= 15 is 0 Å². The molecular formula is C21H28N2O3. The highest BCUT2D eigenvalue weighted by molar-refractivity contribution is 6.06. The molecule has 140 valence electrons. The molecule has 0 spiro atoms. The van der Waals surface area contributed by atoms with Crippen molar-refractivity contribution in [1.82, 2.24) is 9.88 Å². The number of nitrogens with zero attached hydrogens (tertiary/aromatic N) is 1. The zero-order valence-corrected chi connectivity index (χ0v) is 15.8. The van der Waals surface area contributed by atoms with Gasteiger partial charge in [-0.25, -0.2) is 0 Å². The molecule has 1 heterocycles. The molecule has 1 fully saturated rings. The van der Waals surface area contributed by atoms with Crippen LogP contribution in [0.2, 0.25) is 0 Å². The standard InChI is InChI=1S/C21H28N2O3/c1-14(2)23-12-11-17-18(5-4-6-19(17)23)20(24)22-13-15-7-9-16(10-8-15)21(25)26-3/h4-6,11-12,14-16H,7-10,13H2,1-3H3,(H,22,24). The number of hydrogen-bond acceptors (Lipinski definition) is 3. The van der Waals surface area contributed by atoms with Crippen molar-refractivity contribution < 1.29 is 14.3 Å². The summed E-state index contributed by atoms with van der Waals surface area (Å²) in [5, 5.41) is 4.09. The van der Waals surface area contributed by atoms with Gasteiger partial charge in [-0.15, -0.1) is 0 Å². The Kier molecular flexibility index (Phi) is 5.64. The minimum Gasteiger partial charge on any atom is -0.469 e. The lowest BCUT2D eigenvalue weighted by Gasteiger charge is -2.27. The Morgan fingerprint density at radius 2 is 1.92 bits per heavy atom. The number of esters is 1. The molecule has 1 N–H and O–H groups in total. The first kappa shape index (κ1) is 18.5. The van der Waals surface area contributed by atoms with Gasteiger partial charge in [0.1, 0.15) is 0 Å². The molecule has 2 aromatic rings. The van der Waals surface area contributed by atoms with Gasteiger partial charge >= 0.3 is 5.97 Å². The van der Waals surface area contributed by atoms with Crippen molar-refractivity contribution >= 4 is 22.8 Å². The van der Waals surface area contributed by atoms with E-state index in [-0.39, 0.29) is 17.8 Å². The monoisotopic (exact) mass is 356 g/mol. The quantitative estimate of drug-likeness (QED) is 0.826. The van der Waals surface area contributed by atoms with Crippen LogP contribution in [0.3, 0.4) is 0 Å². The van der Waals surface area contributed by atoms with Gasteiger partial charge < -0.3 is 14.6 Å². The van der Waals surface area contributed by atoms with E-state index in [1.54, 1.807) is 0 Å². The summed E-state index contributed by atoms with van der Waals surface area (Å²) in [5.41, 5.74) is 1.82. The summed E-state index contributed by atoms with van der Waals surface area (Å²) < 4.78 is 7.01. The summed E-state index contributed by atoms with van der Waals surface area (Å²) in [4.78, 5) is 24.3. The summed E-state index contributed by atoms with van der Waals surface area (Å²) in [5.74, 6) is 0.330. The predicted octanol–water partition coefficient (Wildman–Crippen LogP) is 3.93. The molecule has 3 rings (SSSR count). The van der Waals surface area contributed by atoms with Gasteiger partial charge in [-0.3, -0.25) is 9.59 Å². The van der Waals surface area contributed by atoms with Gasteiger partial charge in [0.25, 0.3) is 5.91 Å². The van der Waals surface area contributed by atoms with Crippen molar-refractivity contribution in [2.75, 3.05) is 13.7 Å². The van der Waals surface area contributed by atoms with E-state index in [0.29, 0.717) is 18.5 Å². The number of rotatable bonds is 5. The third-order valence-electron chi connectivity index (χ3n) is 5.50. The maximum absolute atomic E-state index is 12.7. The molecule has 0 radical (unpaired) electrons. The van der Waals surface area contributed by atoms with Crippen molar-refractivity contribution in [1.29, 1.82) is 0 Å². The Balaban J connectivity index is 1.61. The van der Waals surface area contributed by atoms with Crippen molar-refractivity contribution in [2.24, 2.45) is 11.8 Å². The Bertz CT molecular complexity index is 786. The Morgan fingerprint density at radius 1 is 1.19 bits per heavy atom. The first-order valence-corrected chi connectivity index (χ1v) is 9.46. The lowest BCUT2D eigenvalue weighted by atomic mass is 9.82. The zero-order valence-electron chi connectivity index (χ0n) is 15.8. The van der Waals surface area contributed by atoms with Gasteiger partial charge in [0, 0.05) is 35.2 Å². The molecule has 5 heteroatoms. The molecule has 1 amide bonds. The molecular weight excluding hydrogens is 328 g/mol. The fourth-order valence-electron chi connectivity index (χ4n) is 3.94. The van der Waals surface area contributed by atoms with E-state index in [9.17, 15) is 9.59 Å². The van der Waals surface area contributed by atoms with Crippen LogP contribution in [0.15, 0.2) is 30.5 Å². The third-order valence-corrected chi connectivity index (χ3v) is 5.50. The SMILES string of the molecule is COC(=O)C1CCC(CNC(=O)c2cccc3c2ccn3C(C)C)CC1. The lowest BCUT2D eigenvalue weighted by Crippen LogP contribution is -2.32. The Morgan fingerprint density at radius 3 is 2.58 bits per heavy atom. The number of methoxy groups -OCH3 is 1. The number of ether oxygens (including phenoxy) is 1. The van der Waals surface area contributed by atoms with Crippen LogP contribution in [0.1, 0.15) is 55.9 Å². The average Bonchev–Trinajstić information content (AvgIpc) is 3.10. The molecule has 0 unspecified atom stereocenters. The molecule has 0 atom stereocenters. The Labute approximate surface area is 154 Å². The second kappa shape index (κ2) is 7.94. The lowest BCUT2D eigenvalue weighted by molar-refractivity contribution is -0.146. The van der Waals surface area contributed by atoms with Crippen LogP contribution in [-0.4, -0.2) is 30.1 Å². The molecule has 0 aliphatic heterocycles. The maximum atomic E-state index is 12.7. The van der Waals surface area contributed by atoms with E-state index in [0.717, 1.165) is 42.1 Å². The summed E-state index contributed by atoms with van der Waals surface area (Å²) in [6.45, 7) is 4.93. The van der Waals surface area contributed by atoms with Gasteiger partial charge in [-0.05, 0) is 63.6 Å². The van der Waals surface area contributed by atoms with Gasteiger partial charge in [0.2, 0.25) is 0 Å². The molecule has 5 nitrogen and oxygen atoms in total. The number of fused-ring (bicyclic) bond motifs is 1. The summed E-state index contributed by atoms with van der Waals surface area (Å²) in [6, 6.07) is 8.26. The van der Waals surface area contributed by atoms with Gasteiger partial charge in [0.05, 0.1) is 13.0 Å². The van der Waals surface area contributed by atoms with Crippen molar-refractivity contribution in [3.05, 3.63) is 36.0 Å². The number of carbonyl (C=O) groups is 2. The van der Waals surface area contributed by atoms with Gasteiger partial charge in [-0.1, -0.05) is 6.07 Å². The first-order valence-electron chi connectivity index (χ1n) is 9.46. The molecule has 0 saturated heterocycles. The van der Waals surface area contributed by atoms with Crippen molar-refractivity contribution in [2.45, 2.75) is 45.6 Å². The maximum Gasteiger partial charge on any atom is 0.308 e. The molecule has 1 aromatic heterocycles. The van der Waals surface area contributed by atoms with Crippen LogP contribution in [-0.2, 0) is 9.53 Å². The summed E-state index contributed by atoms with van der Waals surface area (Å²) in [6.07, 6.45) is 5.64. The fraction of sp³-hybridized carbons (Fsp3) is 0.524. The van der Waals surface area contributed by atoms with Gasteiger partial charge in [0.15, 0.2) is 0 Å². The van der Waals surface area contributed by atoms with E-state index in [2.05, 4.69) is 29.8 Å². The molecule has 0 bridgehead atoms. The van der Waals surface area contributed by atoms with Crippen LogP contribution in [0.25, 0.3) is 10.9 Å². The van der Waals surface area contributed by atoms with Crippen molar-refractivity contribution in [3.8, 4) is 0 Å². The highest BCUT2D eigenvalue weighted by atomic mass is 16.5. The summed E-state index contributed by atoms with van der Waals surface area (Å²) >= 11 is 0. The zero-order chi connectivity index (χ0) is 18.7. The second-order valence-corrected chi connectivity index (χ2v) is 7.51. The normalized spacial score (nSPS) is 20.3. The van der Waals surface area contributed by atoms with E-state index in [1.807, 2.05) is 24.4 Å². The smallest absolute Gasteiger partial charge is 0.308 e. The number of benzene rings is 1. The molecule has 1 aliphatic rings. The first-order chi connectivity index (χ1) is 12.5. The Hall–Kier alpha value is -2.30. The largest absolute Gasteiger partial charge is 0.469 e. The minimum atomic E-state index is -0.103. The highest BCUT2D eigenvalue weighted by Gasteiger charge is 2.27. The fourth-order valence-corrected chi connectivity index (χ4v) is 3.94. The average molecular weight is 356 g/mol. The van der Waals surface area contributed by atoms with Crippen molar-refractivity contribution in [3.63, 3.8) is 0 Å². The number of carbonyl (C=O) groups excluding carboxylic acids is 2. The predicted molar refractivity (Wildman–Crippen MR) is 102 cm³/mol. The molecule has 1 aromatic carbocycles. The highest BCUT2D eigenvalue weighted by Crippen LogP contribution is 2.29. The van der Waals surface area contributed by atoms with Crippen LogP contribution >= 0.6 is 0 Å². The number of amides is 1. The number of hydrogen-bond donors (Lipinski definition) is 1. The number of nitrogens with one attached hydrogen (secondary N) is 1. The van der Waals surface area contributed by atoms with Crippen LogP contribution < -0.4 is 5.32 Å². The van der Waals surface area contributed by atoms with E-state index in [4.69, 9.17) is 4.74 Å². The topological polar surface area (TPSA) is 60.3 Å². The van der Waals surface area contributed by atoms with E-state index in [1.165, 1.54) is 7.11 Å². The second-order valence-electron chi connectivity index (χ2n) is 7.51. The van der Waals surface area contributed by atoms with Crippen LogP contribution in [0.4, 0.5) is 0 Å². The third kappa shape index (κ3) is 3.76. The minimum absolute atomic E-state index is 0.0211. The molecule has 26 heavy (non-hydrogen) atoms.